The summed E-state index contributed by atoms with van der Waals surface area (Å²) in [5, 5.41) is 0.0210. The van der Waals surface area contributed by atoms with Gasteiger partial charge in [-0.25, -0.2) is 12.8 Å². The molecular formula is C21H20ClFN2O5S2. The third kappa shape index (κ3) is 4.57. The van der Waals surface area contributed by atoms with Gasteiger partial charge in [-0.1, -0.05) is 29.4 Å². The number of nitrogens with zero attached hydrogens (tertiary/aromatic N) is 2. The Hall–Kier alpha value is -2.30. The number of amidine groups is 1. The van der Waals surface area contributed by atoms with Crippen LogP contribution in [0.4, 0.5) is 10.1 Å². The molecule has 2 atom stereocenters. The van der Waals surface area contributed by atoms with Gasteiger partial charge in [0.2, 0.25) is 0 Å². The highest BCUT2D eigenvalue weighted by Gasteiger charge is 2.49. The van der Waals surface area contributed by atoms with Gasteiger partial charge in [-0.3, -0.25) is 4.79 Å². The first kappa shape index (κ1) is 22.9. The minimum Gasteiger partial charge on any atom is -0.493 e. The standard InChI is InChI=1S/C21H20ClFN2O5S2/c1-29-17-6-3-12(7-18(17)30-2)8-20(26)24-21-25(13-4-5-14(22)15(23)9-13)16-10-32(27,28)11-19(16)31-21/h3-7,9,16,19H,8,10-11H2,1-2H3/t16-,19-/m0/s1. The van der Waals surface area contributed by atoms with Crippen LogP contribution in [0.1, 0.15) is 5.56 Å². The summed E-state index contributed by atoms with van der Waals surface area (Å²) in [6, 6.07) is 8.94. The lowest BCUT2D eigenvalue weighted by atomic mass is 10.1. The summed E-state index contributed by atoms with van der Waals surface area (Å²) < 4.78 is 48.9. The van der Waals surface area contributed by atoms with Gasteiger partial charge in [0.25, 0.3) is 5.91 Å². The lowest BCUT2D eigenvalue weighted by Gasteiger charge is -2.24. The second-order valence-electron chi connectivity index (χ2n) is 7.42. The van der Waals surface area contributed by atoms with Crippen LogP contribution >= 0.6 is 23.4 Å². The highest BCUT2D eigenvalue weighted by Crippen LogP contribution is 2.41. The minimum absolute atomic E-state index is 0.0147. The van der Waals surface area contributed by atoms with Crippen molar-refractivity contribution in [3.63, 3.8) is 0 Å². The molecule has 0 radical (unpaired) electrons. The fraction of sp³-hybridized carbons (Fsp3) is 0.333. The van der Waals surface area contributed by atoms with Crippen LogP contribution in [0.15, 0.2) is 41.4 Å². The van der Waals surface area contributed by atoms with Crippen molar-refractivity contribution >= 4 is 50.0 Å². The van der Waals surface area contributed by atoms with E-state index in [1.165, 1.54) is 38.1 Å². The van der Waals surface area contributed by atoms with Crippen molar-refractivity contribution in [1.29, 1.82) is 0 Å². The van der Waals surface area contributed by atoms with Gasteiger partial charge in [0.05, 0.1) is 43.2 Å². The van der Waals surface area contributed by atoms with Crippen molar-refractivity contribution in [2.45, 2.75) is 17.7 Å². The second kappa shape index (κ2) is 8.92. The lowest BCUT2D eigenvalue weighted by molar-refractivity contribution is -0.117. The van der Waals surface area contributed by atoms with E-state index in [2.05, 4.69) is 4.99 Å². The fourth-order valence-corrected chi connectivity index (χ4v) is 7.86. The van der Waals surface area contributed by atoms with Crippen LogP contribution in [0, 0.1) is 5.82 Å². The van der Waals surface area contributed by atoms with Gasteiger partial charge in [0.1, 0.15) is 5.82 Å². The molecule has 1 amide bonds. The molecule has 2 aromatic carbocycles. The molecule has 170 valence electrons. The summed E-state index contributed by atoms with van der Waals surface area (Å²) in [6.07, 6.45) is 0.0147. The Bertz CT molecular complexity index is 1200. The molecule has 0 aliphatic carbocycles. The highest BCUT2D eigenvalue weighted by molar-refractivity contribution is 8.16. The average molecular weight is 499 g/mol. The van der Waals surface area contributed by atoms with Crippen molar-refractivity contribution in [2.24, 2.45) is 4.99 Å². The van der Waals surface area contributed by atoms with Crippen molar-refractivity contribution in [1.82, 2.24) is 0 Å². The van der Waals surface area contributed by atoms with E-state index >= 15 is 0 Å². The van der Waals surface area contributed by atoms with E-state index in [4.69, 9.17) is 21.1 Å². The normalized spacial score (nSPS) is 22.8. The molecule has 2 heterocycles. The number of hydrogen-bond acceptors (Lipinski definition) is 6. The van der Waals surface area contributed by atoms with E-state index in [0.717, 1.165) is 0 Å². The smallest absolute Gasteiger partial charge is 0.252 e. The predicted molar refractivity (Wildman–Crippen MR) is 123 cm³/mol. The molecule has 32 heavy (non-hydrogen) atoms. The molecule has 0 N–H and O–H groups in total. The molecule has 2 aliphatic heterocycles. The third-order valence-electron chi connectivity index (χ3n) is 5.27. The first-order chi connectivity index (χ1) is 15.2. The Morgan fingerprint density at radius 1 is 1.19 bits per heavy atom. The van der Waals surface area contributed by atoms with Crippen LogP contribution in [0.25, 0.3) is 0 Å². The number of carbonyl (C=O) groups is 1. The predicted octanol–water partition coefficient (Wildman–Crippen LogP) is 3.34. The van der Waals surface area contributed by atoms with E-state index in [1.807, 2.05) is 0 Å². The Labute approximate surface area is 194 Å². The molecule has 7 nitrogen and oxygen atoms in total. The Morgan fingerprint density at radius 2 is 1.94 bits per heavy atom. The summed E-state index contributed by atoms with van der Waals surface area (Å²) in [5.74, 6) is -0.100. The largest absolute Gasteiger partial charge is 0.493 e. The van der Waals surface area contributed by atoms with Gasteiger partial charge < -0.3 is 14.4 Å². The monoisotopic (exact) mass is 498 g/mol. The summed E-state index contributed by atoms with van der Waals surface area (Å²) in [7, 11) is -0.194. The number of amides is 1. The zero-order valence-corrected chi connectivity index (χ0v) is 19.6. The molecular weight excluding hydrogens is 479 g/mol. The molecule has 2 fully saturated rings. The quantitative estimate of drug-likeness (QED) is 0.625. The number of thioether (sulfide) groups is 1. The Balaban J connectivity index is 1.63. The molecule has 0 saturated carbocycles. The number of halogens is 2. The minimum atomic E-state index is -3.23. The first-order valence-electron chi connectivity index (χ1n) is 9.64. The molecule has 0 spiro atoms. The van der Waals surface area contributed by atoms with Crippen LogP contribution in [0.2, 0.25) is 5.02 Å². The summed E-state index contributed by atoms with van der Waals surface area (Å²) in [6.45, 7) is 0. The number of sulfone groups is 1. The van der Waals surface area contributed by atoms with Crippen LogP contribution in [0.3, 0.4) is 0 Å². The summed E-state index contributed by atoms with van der Waals surface area (Å²) >= 11 is 7.03. The van der Waals surface area contributed by atoms with Gasteiger partial charge >= 0.3 is 0 Å². The summed E-state index contributed by atoms with van der Waals surface area (Å²) in [5.41, 5.74) is 1.09. The number of anilines is 1. The third-order valence-corrected chi connectivity index (χ3v) is 8.79. The molecule has 2 aliphatic rings. The van der Waals surface area contributed by atoms with Crippen LogP contribution in [-0.2, 0) is 21.1 Å². The first-order valence-corrected chi connectivity index (χ1v) is 12.7. The van der Waals surface area contributed by atoms with E-state index in [-0.39, 0.29) is 28.2 Å². The van der Waals surface area contributed by atoms with Crippen LogP contribution in [0.5, 0.6) is 11.5 Å². The van der Waals surface area contributed by atoms with Gasteiger partial charge in [-0.2, -0.15) is 4.99 Å². The van der Waals surface area contributed by atoms with E-state index in [0.29, 0.717) is 27.9 Å². The van der Waals surface area contributed by atoms with Crippen molar-refractivity contribution in [3.05, 3.63) is 52.8 Å². The number of benzene rings is 2. The molecule has 2 saturated heterocycles. The number of ether oxygens (including phenoxy) is 2. The maximum absolute atomic E-state index is 14.1. The van der Waals surface area contributed by atoms with Crippen molar-refractivity contribution < 1.29 is 27.1 Å². The van der Waals surface area contributed by atoms with Gasteiger partial charge in [0, 0.05) is 10.9 Å². The number of aliphatic imine (C=N–C) groups is 1. The molecule has 0 aromatic heterocycles. The SMILES string of the molecule is COc1ccc(CC(=O)N=C2S[C@H]3CS(=O)(=O)C[C@@H]3N2c2ccc(Cl)c(F)c2)cc1OC. The van der Waals surface area contributed by atoms with Crippen LogP contribution < -0.4 is 14.4 Å². The van der Waals surface area contributed by atoms with Gasteiger partial charge in [-0.05, 0) is 35.9 Å². The van der Waals surface area contributed by atoms with E-state index in [9.17, 15) is 17.6 Å². The molecule has 2 aromatic rings. The Morgan fingerprint density at radius 3 is 2.62 bits per heavy atom. The number of carbonyl (C=O) groups excluding carboxylic acids is 1. The lowest BCUT2D eigenvalue weighted by Crippen LogP contribution is -2.37. The van der Waals surface area contributed by atoms with Crippen molar-refractivity contribution in [2.75, 3.05) is 30.6 Å². The van der Waals surface area contributed by atoms with Gasteiger partial charge in [-0.15, -0.1) is 0 Å². The van der Waals surface area contributed by atoms with Crippen molar-refractivity contribution in [3.8, 4) is 11.5 Å². The topological polar surface area (TPSA) is 85.3 Å². The van der Waals surface area contributed by atoms with E-state index in [1.54, 1.807) is 29.2 Å². The van der Waals surface area contributed by atoms with Crippen LogP contribution in [-0.4, -0.2) is 56.5 Å². The molecule has 0 bridgehead atoms. The zero-order valence-electron chi connectivity index (χ0n) is 17.2. The van der Waals surface area contributed by atoms with E-state index < -0.39 is 27.6 Å². The highest BCUT2D eigenvalue weighted by atomic mass is 35.5. The Kier molecular flexibility index (Phi) is 6.37. The molecule has 11 heteroatoms. The number of fused-ring (bicyclic) bond motifs is 1. The van der Waals surface area contributed by atoms with Gasteiger partial charge in [0.15, 0.2) is 26.5 Å². The maximum atomic E-state index is 14.1. The maximum Gasteiger partial charge on any atom is 0.252 e. The number of hydrogen-bond donors (Lipinski definition) is 0. The summed E-state index contributed by atoms with van der Waals surface area (Å²) in [4.78, 5) is 18.6. The number of rotatable bonds is 5. The average Bonchev–Trinajstić information content (AvgIpc) is 3.20. The zero-order chi connectivity index (χ0) is 23.0. The molecule has 0 unspecified atom stereocenters. The fourth-order valence-electron chi connectivity index (χ4n) is 3.81. The molecule has 4 rings (SSSR count). The number of methoxy groups -OCH3 is 2. The second-order valence-corrected chi connectivity index (χ2v) is 11.2.